The summed E-state index contributed by atoms with van der Waals surface area (Å²) < 4.78 is -0.351. The number of unbranched alkanes of at least 4 members (excludes halogenated alkanes) is 2. The van der Waals surface area contributed by atoms with E-state index in [0.29, 0.717) is 0 Å². The summed E-state index contributed by atoms with van der Waals surface area (Å²) in [5, 5.41) is 2.32. The lowest BCUT2D eigenvalue weighted by molar-refractivity contribution is 0.0958. The molecule has 0 unspecified atom stereocenters. The van der Waals surface area contributed by atoms with E-state index in [1.807, 2.05) is 44.2 Å². The first-order chi connectivity index (χ1) is 10.0. The molecule has 0 bridgehead atoms. The molecule has 0 atom stereocenters. The molecule has 0 amide bonds. The third kappa shape index (κ3) is 4.10. The lowest BCUT2D eigenvalue weighted by Gasteiger charge is -2.22. The van der Waals surface area contributed by atoms with Crippen LogP contribution in [0.15, 0.2) is 42.5 Å². The molecule has 2 rings (SSSR count). The van der Waals surface area contributed by atoms with Gasteiger partial charge in [-0.2, -0.15) is 0 Å². The quantitative estimate of drug-likeness (QED) is 0.480. The Balaban J connectivity index is 2.12. The second kappa shape index (κ2) is 7.13. The highest BCUT2D eigenvalue weighted by atomic mass is 32.2. The van der Waals surface area contributed by atoms with Crippen molar-refractivity contribution in [3.63, 3.8) is 0 Å². The average molecular weight is 300 g/mol. The summed E-state index contributed by atoms with van der Waals surface area (Å²) in [6.07, 6.45) is 3.66. The van der Waals surface area contributed by atoms with Crippen molar-refractivity contribution < 1.29 is 4.79 Å². The van der Waals surface area contributed by atoms with Gasteiger partial charge in [-0.3, -0.25) is 4.79 Å². The highest BCUT2D eigenvalue weighted by molar-refractivity contribution is 8.01. The van der Waals surface area contributed by atoms with Crippen molar-refractivity contribution >= 4 is 28.3 Å². The maximum atomic E-state index is 12.8. The van der Waals surface area contributed by atoms with Crippen LogP contribution in [0.2, 0.25) is 0 Å². The molecule has 2 heteroatoms. The molecule has 1 nitrogen and oxygen atoms in total. The fraction of sp³-hybridized carbons (Fsp3) is 0.421. The van der Waals surface area contributed by atoms with Crippen molar-refractivity contribution in [1.29, 1.82) is 0 Å². The van der Waals surface area contributed by atoms with Crippen LogP contribution in [0.25, 0.3) is 10.8 Å². The van der Waals surface area contributed by atoms with Gasteiger partial charge in [0.15, 0.2) is 5.78 Å². The van der Waals surface area contributed by atoms with Crippen LogP contribution in [0, 0.1) is 0 Å². The first kappa shape index (κ1) is 16.1. The van der Waals surface area contributed by atoms with E-state index in [1.165, 1.54) is 24.6 Å². The molecular weight excluding hydrogens is 276 g/mol. The fourth-order valence-electron chi connectivity index (χ4n) is 2.42. The highest BCUT2D eigenvalue weighted by Gasteiger charge is 2.28. The summed E-state index contributed by atoms with van der Waals surface area (Å²) in [7, 11) is 0. The number of hydrogen-bond acceptors (Lipinski definition) is 2. The minimum atomic E-state index is -0.351. The van der Waals surface area contributed by atoms with Gasteiger partial charge < -0.3 is 0 Å². The number of benzene rings is 2. The zero-order valence-electron chi connectivity index (χ0n) is 13.2. The van der Waals surface area contributed by atoms with Gasteiger partial charge in [0, 0.05) is 5.56 Å². The van der Waals surface area contributed by atoms with Crippen LogP contribution in [0.5, 0.6) is 0 Å². The minimum absolute atomic E-state index is 0.231. The lowest BCUT2D eigenvalue weighted by Crippen LogP contribution is -2.28. The first-order valence-corrected chi connectivity index (χ1v) is 8.71. The van der Waals surface area contributed by atoms with Gasteiger partial charge in [-0.05, 0) is 42.9 Å². The van der Waals surface area contributed by atoms with Gasteiger partial charge in [0.1, 0.15) is 0 Å². The van der Waals surface area contributed by atoms with Gasteiger partial charge in [0.05, 0.1) is 4.75 Å². The summed E-state index contributed by atoms with van der Waals surface area (Å²) >= 11 is 1.78. The predicted octanol–water partition coefficient (Wildman–Crippen LogP) is 5.72. The molecule has 0 aliphatic heterocycles. The third-order valence-corrected chi connectivity index (χ3v) is 5.17. The van der Waals surface area contributed by atoms with E-state index in [-0.39, 0.29) is 10.5 Å². The summed E-state index contributed by atoms with van der Waals surface area (Å²) in [6.45, 7) is 6.29. The van der Waals surface area contributed by atoms with Gasteiger partial charge in [0.25, 0.3) is 0 Å². The standard InChI is InChI=1S/C19H24OS/c1-4-5-8-13-21-19(2,3)18(20)17-12-11-15-9-6-7-10-16(15)14-17/h6-7,9-12,14H,4-5,8,13H2,1-3H3. The zero-order chi connectivity index (χ0) is 15.3. The number of thioether (sulfide) groups is 1. The molecule has 0 heterocycles. The predicted molar refractivity (Wildman–Crippen MR) is 94.3 cm³/mol. The second-order valence-corrected chi connectivity index (χ2v) is 7.67. The van der Waals surface area contributed by atoms with E-state index in [0.717, 1.165) is 16.7 Å². The molecule has 112 valence electrons. The molecule has 2 aromatic carbocycles. The Morgan fingerprint density at radius 1 is 1.05 bits per heavy atom. The minimum Gasteiger partial charge on any atom is -0.293 e. The van der Waals surface area contributed by atoms with Crippen LogP contribution >= 0.6 is 11.8 Å². The number of carbonyl (C=O) groups excluding carboxylic acids is 1. The summed E-state index contributed by atoms with van der Waals surface area (Å²) in [6, 6.07) is 14.2. The molecule has 0 saturated heterocycles. The Morgan fingerprint density at radius 2 is 1.76 bits per heavy atom. The Kier molecular flexibility index (Phi) is 5.46. The van der Waals surface area contributed by atoms with Crippen LogP contribution in [-0.4, -0.2) is 16.3 Å². The van der Waals surface area contributed by atoms with Crippen molar-refractivity contribution in [1.82, 2.24) is 0 Å². The highest BCUT2D eigenvalue weighted by Crippen LogP contribution is 2.30. The molecule has 0 radical (unpaired) electrons. The summed E-state index contributed by atoms with van der Waals surface area (Å²) in [5.41, 5.74) is 0.821. The number of fused-ring (bicyclic) bond motifs is 1. The molecule has 0 aromatic heterocycles. The Labute approximate surface area is 132 Å². The van der Waals surface area contributed by atoms with Crippen LogP contribution in [-0.2, 0) is 0 Å². The van der Waals surface area contributed by atoms with Gasteiger partial charge in [-0.15, -0.1) is 11.8 Å². The van der Waals surface area contributed by atoms with Gasteiger partial charge in [-0.25, -0.2) is 0 Å². The van der Waals surface area contributed by atoms with E-state index in [2.05, 4.69) is 19.1 Å². The Morgan fingerprint density at radius 3 is 2.48 bits per heavy atom. The van der Waals surface area contributed by atoms with Crippen molar-refractivity contribution in [2.75, 3.05) is 5.75 Å². The van der Waals surface area contributed by atoms with E-state index in [4.69, 9.17) is 0 Å². The normalized spacial score (nSPS) is 11.8. The molecule has 0 aliphatic carbocycles. The maximum absolute atomic E-state index is 12.8. The number of Topliss-reactive ketones (excluding diaryl/α,β-unsaturated/α-hetero) is 1. The maximum Gasteiger partial charge on any atom is 0.178 e. The second-order valence-electron chi connectivity index (χ2n) is 5.96. The van der Waals surface area contributed by atoms with Crippen molar-refractivity contribution in [3.05, 3.63) is 48.0 Å². The van der Waals surface area contributed by atoms with Gasteiger partial charge >= 0.3 is 0 Å². The molecule has 0 fully saturated rings. The van der Waals surface area contributed by atoms with Gasteiger partial charge in [0.2, 0.25) is 0 Å². The fourth-order valence-corrected chi connectivity index (χ4v) is 3.53. The van der Waals surface area contributed by atoms with Crippen LogP contribution < -0.4 is 0 Å². The molecule has 2 aromatic rings. The Hall–Kier alpha value is -1.28. The SMILES string of the molecule is CCCCCSC(C)(C)C(=O)c1ccc2ccccc2c1. The number of rotatable bonds is 7. The third-order valence-electron chi connectivity index (χ3n) is 3.77. The van der Waals surface area contributed by atoms with Crippen molar-refractivity contribution in [3.8, 4) is 0 Å². The van der Waals surface area contributed by atoms with Crippen LogP contribution in [0.4, 0.5) is 0 Å². The smallest absolute Gasteiger partial charge is 0.178 e. The largest absolute Gasteiger partial charge is 0.293 e. The van der Waals surface area contributed by atoms with Gasteiger partial charge in [-0.1, -0.05) is 56.2 Å². The van der Waals surface area contributed by atoms with E-state index in [9.17, 15) is 4.79 Å². The Bertz CT molecular complexity index is 616. The van der Waals surface area contributed by atoms with Crippen molar-refractivity contribution in [2.45, 2.75) is 44.8 Å². The lowest BCUT2D eigenvalue weighted by atomic mass is 9.97. The van der Waals surface area contributed by atoms with Crippen LogP contribution in [0.1, 0.15) is 50.4 Å². The molecule has 0 aliphatic rings. The molecule has 21 heavy (non-hydrogen) atoms. The number of carbonyl (C=O) groups is 1. The van der Waals surface area contributed by atoms with E-state index >= 15 is 0 Å². The zero-order valence-corrected chi connectivity index (χ0v) is 14.0. The molecular formula is C19H24OS. The number of ketones is 1. The van der Waals surface area contributed by atoms with E-state index in [1.54, 1.807) is 11.8 Å². The van der Waals surface area contributed by atoms with Crippen molar-refractivity contribution in [2.24, 2.45) is 0 Å². The molecule has 0 saturated carbocycles. The number of hydrogen-bond donors (Lipinski definition) is 0. The average Bonchev–Trinajstić information content (AvgIpc) is 2.50. The monoisotopic (exact) mass is 300 g/mol. The van der Waals surface area contributed by atoms with Crippen LogP contribution in [0.3, 0.4) is 0 Å². The molecule has 0 spiro atoms. The topological polar surface area (TPSA) is 17.1 Å². The van der Waals surface area contributed by atoms with E-state index < -0.39 is 0 Å². The summed E-state index contributed by atoms with van der Waals surface area (Å²) in [5.74, 6) is 1.29. The first-order valence-electron chi connectivity index (χ1n) is 7.72. The molecule has 0 N–H and O–H groups in total. The summed E-state index contributed by atoms with van der Waals surface area (Å²) in [4.78, 5) is 12.8.